The summed E-state index contributed by atoms with van der Waals surface area (Å²) in [5, 5.41) is 13.8. The van der Waals surface area contributed by atoms with Crippen molar-refractivity contribution in [3.05, 3.63) is 11.2 Å². The number of sulfonamides is 1. The molecule has 1 aromatic heterocycles. The number of hydrogen-bond donors (Lipinski definition) is 2. The molecule has 0 saturated carbocycles. The van der Waals surface area contributed by atoms with Gasteiger partial charge < -0.3 is 5.11 Å². The standard InChI is InChI=1S/C10H18ClN3O3S/c1-4-10(15,5-2)7-13-18(16,17)9-8(11)6-12-14(9)3/h6,13,15H,4-5,7H2,1-3H3. The third-order valence-electron chi connectivity index (χ3n) is 3.00. The Labute approximate surface area is 112 Å². The van der Waals surface area contributed by atoms with E-state index in [-0.39, 0.29) is 16.6 Å². The summed E-state index contributed by atoms with van der Waals surface area (Å²) in [6.07, 6.45) is 2.19. The number of nitrogens with one attached hydrogen (secondary N) is 1. The van der Waals surface area contributed by atoms with Crippen molar-refractivity contribution in [3.63, 3.8) is 0 Å². The van der Waals surface area contributed by atoms with Crippen LogP contribution in [0.25, 0.3) is 0 Å². The number of aromatic nitrogens is 2. The molecular formula is C10H18ClN3O3S. The smallest absolute Gasteiger partial charge is 0.259 e. The van der Waals surface area contributed by atoms with Gasteiger partial charge in [0.1, 0.15) is 0 Å². The predicted octanol–water partition coefficient (Wildman–Crippen LogP) is 0.903. The minimum absolute atomic E-state index is 0.0517. The lowest BCUT2D eigenvalue weighted by Gasteiger charge is -2.25. The van der Waals surface area contributed by atoms with Gasteiger partial charge in [0, 0.05) is 13.6 Å². The molecule has 6 nitrogen and oxygen atoms in total. The molecular weight excluding hydrogens is 278 g/mol. The Kier molecular flexibility index (Phi) is 4.77. The molecule has 0 aliphatic rings. The van der Waals surface area contributed by atoms with Crippen molar-refractivity contribution in [2.45, 2.75) is 37.3 Å². The van der Waals surface area contributed by atoms with Crippen LogP contribution in [0.4, 0.5) is 0 Å². The van der Waals surface area contributed by atoms with Gasteiger partial charge >= 0.3 is 0 Å². The average Bonchev–Trinajstić information content (AvgIpc) is 2.67. The normalized spacial score (nSPS) is 12.9. The van der Waals surface area contributed by atoms with Crippen LogP contribution in [0.3, 0.4) is 0 Å². The summed E-state index contributed by atoms with van der Waals surface area (Å²) in [5.41, 5.74) is -1.04. The number of hydrogen-bond acceptors (Lipinski definition) is 4. The van der Waals surface area contributed by atoms with Gasteiger partial charge in [-0.1, -0.05) is 25.4 Å². The van der Waals surface area contributed by atoms with Gasteiger partial charge in [0.15, 0.2) is 5.03 Å². The van der Waals surface area contributed by atoms with E-state index in [0.29, 0.717) is 12.8 Å². The minimum atomic E-state index is -3.77. The summed E-state index contributed by atoms with van der Waals surface area (Å²) >= 11 is 5.78. The summed E-state index contributed by atoms with van der Waals surface area (Å²) in [6, 6.07) is 0. The average molecular weight is 296 g/mol. The van der Waals surface area contributed by atoms with Gasteiger partial charge in [0.05, 0.1) is 16.8 Å². The second kappa shape index (κ2) is 5.56. The SMILES string of the molecule is CCC(O)(CC)CNS(=O)(=O)c1c(Cl)cnn1C. The Morgan fingerprint density at radius 1 is 1.50 bits per heavy atom. The molecule has 1 rings (SSSR count). The first-order chi connectivity index (χ1) is 8.25. The summed E-state index contributed by atoms with van der Waals surface area (Å²) < 4.78 is 27.6. The molecule has 0 radical (unpaired) electrons. The topological polar surface area (TPSA) is 84.2 Å². The van der Waals surface area contributed by atoms with Crippen molar-refractivity contribution < 1.29 is 13.5 Å². The quantitative estimate of drug-likeness (QED) is 0.817. The highest BCUT2D eigenvalue weighted by Crippen LogP contribution is 2.20. The molecule has 1 heterocycles. The first-order valence-corrected chi connectivity index (χ1v) is 7.51. The van der Waals surface area contributed by atoms with Crippen LogP contribution in [0.5, 0.6) is 0 Å². The maximum Gasteiger partial charge on any atom is 0.259 e. The van der Waals surface area contributed by atoms with Crippen LogP contribution in [0.15, 0.2) is 11.2 Å². The lowest BCUT2D eigenvalue weighted by molar-refractivity contribution is 0.0377. The van der Waals surface area contributed by atoms with E-state index in [1.165, 1.54) is 17.9 Å². The predicted molar refractivity (Wildman–Crippen MR) is 68.9 cm³/mol. The fourth-order valence-electron chi connectivity index (χ4n) is 1.50. The lowest BCUT2D eigenvalue weighted by atomic mass is 9.98. The monoisotopic (exact) mass is 295 g/mol. The van der Waals surface area contributed by atoms with Crippen molar-refractivity contribution in [2.75, 3.05) is 6.54 Å². The highest BCUT2D eigenvalue weighted by atomic mass is 35.5. The molecule has 2 N–H and O–H groups in total. The molecule has 0 fully saturated rings. The van der Waals surface area contributed by atoms with Gasteiger partial charge in [-0.05, 0) is 12.8 Å². The molecule has 0 aliphatic carbocycles. The van der Waals surface area contributed by atoms with Crippen molar-refractivity contribution in [1.82, 2.24) is 14.5 Å². The Bertz CT molecular complexity index is 489. The fourth-order valence-corrected chi connectivity index (χ4v) is 3.27. The van der Waals surface area contributed by atoms with E-state index in [1.807, 2.05) is 0 Å². The van der Waals surface area contributed by atoms with Crippen molar-refractivity contribution >= 4 is 21.6 Å². The van der Waals surface area contributed by atoms with E-state index >= 15 is 0 Å². The molecule has 104 valence electrons. The zero-order valence-electron chi connectivity index (χ0n) is 10.6. The molecule has 0 unspecified atom stereocenters. The molecule has 0 aliphatic heterocycles. The van der Waals surface area contributed by atoms with E-state index in [2.05, 4.69) is 9.82 Å². The summed E-state index contributed by atoms with van der Waals surface area (Å²) in [6.45, 7) is 3.55. The van der Waals surface area contributed by atoms with E-state index in [9.17, 15) is 13.5 Å². The number of halogens is 1. The van der Waals surface area contributed by atoms with Gasteiger partial charge in [0.25, 0.3) is 10.0 Å². The summed E-state index contributed by atoms with van der Waals surface area (Å²) in [5.74, 6) is 0. The largest absolute Gasteiger partial charge is 0.389 e. The third-order valence-corrected chi connectivity index (χ3v) is 4.91. The van der Waals surface area contributed by atoms with Crippen LogP contribution in [0.1, 0.15) is 26.7 Å². The van der Waals surface area contributed by atoms with Crippen LogP contribution in [-0.2, 0) is 17.1 Å². The second-order valence-electron chi connectivity index (χ2n) is 4.18. The molecule has 0 saturated heterocycles. The lowest BCUT2D eigenvalue weighted by Crippen LogP contribution is -2.42. The van der Waals surface area contributed by atoms with Gasteiger partial charge in [-0.3, -0.25) is 4.68 Å². The van der Waals surface area contributed by atoms with Gasteiger partial charge in [-0.2, -0.15) is 5.10 Å². The molecule has 8 heteroatoms. The van der Waals surface area contributed by atoms with Crippen molar-refractivity contribution in [1.29, 1.82) is 0 Å². The van der Waals surface area contributed by atoms with E-state index in [4.69, 9.17) is 11.6 Å². The number of nitrogens with zero attached hydrogens (tertiary/aromatic N) is 2. The molecule has 0 spiro atoms. The fraction of sp³-hybridized carbons (Fsp3) is 0.700. The summed E-state index contributed by atoms with van der Waals surface area (Å²) in [4.78, 5) is 0. The Morgan fingerprint density at radius 2 is 2.06 bits per heavy atom. The third kappa shape index (κ3) is 3.23. The zero-order chi connectivity index (χ0) is 14.0. The van der Waals surface area contributed by atoms with Gasteiger partial charge in [-0.15, -0.1) is 0 Å². The molecule has 0 atom stereocenters. The number of rotatable bonds is 6. The van der Waals surface area contributed by atoms with Crippen LogP contribution >= 0.6 is 11.6 Å². The zero-order valence-corrected chi connectivity index (χ0v) is 12.2. The van der Waals surface area contributed by atoms with Crippen molar-refractivity contribution in [3.8, 4) is 0 Å². The highest BCUT2D eigenvalue weighted by molar-refractivity contribution is 7.89. The Hall–Kier alpha value is -0.630. The molecule has 0 amide bonds. The number of aliphatic hydroxyl groups is 1. The van der Waals surface area contributed by atoms with Gasteiger partial charge in [-0.25, -0.2) is 13.1 Å². The molecule has 0 bridgehead atoms. The van der Waals surface area contributed by atoms with Crippen LogP contribution in [-0.4, -0.2) is 35.5 Å². The van der Waals surface area contributed by atoms with E-state index in [0.717, 1.165) is 0 Å². The van der Waals surface area contributed by atoms with Crippen LogP contribution < -0.4 is 4.72 Å². The van der Waals surface area contributed by atoms with Gasteiger partial charge in [0.2, 0.25) is 0 Å². The molecule has 1 aromatic rings. The van der Waals surface area contributed by atoms with E-state index < -0.39 is 15.6 Å². The maximum absolute atomic E-state index is 12.0. The van der Waals surface area contributed by atoms with E-state index in [1.54, 1.807) is 13.8 Å². The second-order valence-corrected chi connectivity index (χ2v) is 6.27. The highest BCUT2D eigenvalue weighted by Gasteiger charge is 2.28. The minimum Gasteiger partial charge on any atom is -0.389 e. The first kappa shape index (κ1) is 15.4. The Balaban J connectivity index is 2.91. The first-order valence-electron chi connectivity index (χ1n) is 5.65. The van der Waals surface area contributed by atoms with Crippen molar-refractivity contribution in [2.24, 2.45) is 7.05 Å². The molecule has 0 aromatic carbocycles. The van der Waals surface area contributed by atoms with Crippen LogP contribution in [0, 0.1) is 0 Å². The Morgan fingerprint density at radius 3 is 2.44 bits per heavy atom. The summed E-state index contributed by atoms with van der Waals surface area (Å²) in [7, 11) is -2.28. The number of aryl methyl sites for hydroxylation is 1. The van der Waals surface area contributed by atoms with Crippen LogP contribution in [0.2, 0.25) is 5.02 Å². The maximum atomic E-state index is 12.0. The molecule has 18 heavy (non-hydrogen) atoms.